The standard InChI is InChI=1S/C21H26N2O7S/c1-14(21(24)22-13-15-5-7-17(27-2)19(11-15)28-3)23(31(4,25)26)16-6-8-18-20(12-16)30-10-9-29-18/h5-8,11-12,14H,9-10,13H2,1-4H3,(H,22,24)/t14-/m1/s1. The fourth-order valence-corrected chi connectivity index (χ4v) is 4.47. The fraction of sp³-hybridized carbons (Fsp3) is 0.381. The van der Waals surface area contributed by atoms with E-state index in [1.807, 2.05) is 0 Å². The molecule has 0 aromatic heterocycles. The highest BCUT2D eigenvalue weighted by Gasteiger charge is 2.30. The van der Waals surface area contributed by atoms with Crippen molar-refractivity contribution in [2.24, 2.45) is 0 Å². The van der Waals surface area contributed by atoms with E-state index in [1.165, 1.54) is 14.0 Å². The van der Waals surface area contributed by atoms with Gasteiger partial charge in [-0.2, -0.15) is 0 Å². The Morgan fingerprint density at radius 3 is 2.39 bits per heavy atom. The molecule has 2 aromatic rings. The Bertz CT molecular complexity index is 1060. The number of nitrogens with one attached hydrogen (secondary N) is 1. The van der Waals surface area contributed by atoms with E-state index in [9.17, 15) is 13.2 Å². The molecular formula is C21H26N2O7S. The number of hydrogen-bond donors (Lipinski definition) is 1. The number of anilines is 1. The number of hydrogen-bond acceptors (Lipinski definition) is 7. The predicted octanol–water partition coefficient (Wildman–Crippen LogP) is 1.95. The monoisotopic (exact) mass is 450 g/mol. The van der Waals surface area contributed by atoms with Crippen LogP contribution in [0.25, 0.3) is 0 Å². The number of ether oxygens (including phenoxy) is 4. The molecule has 0 bridgehead atoms. The molecule has 1 aliphatic heterocycles. The van der Waals surface area contributed by atoms with Gasteiger partial charge < -0.3 is 24.3 Å². The normalized spacial score (nSPS) is 13.8. The first-order valence-corrected chi connectivity index (χ1v) is 11.5. The van der Waals surface area contributed by atoms with Crippen LogP contribution in [0.2, 0.25) is 0 Å². The molecule has 0 radical (unpaired) electrons. The molecule has 0 saturated carbocycles. The largest absolute Gasteiger partial charge is 0.493 e. The average molecular weight is 451 g/mol. The van der Waals surface area contributed by atoms with Gasteiger partial charge in [-0.05, 0) is 36.8 Å². The van der Waals surface area contributed by atoms with Crippen LogP contribution in [0.4, 0.5) is 5.69 Å². The zero-order valence-corrected chi connectivity index (χ0v) is 18.7. The minimum absolute atomic E-state index is 0.197. The summed E-state index contributed by atoms with van der Waals surface area (Å²) in [5, 5.41) is 2.77. The third-order valence-electron chi connectivity index (χ3n) is 4.78. The second-order valence-corrected chi connectivity index (χ2v) is 8.83. The summed E-state index contributed by atoms with van der Waals surface area (Å²) in [6.07, 6.45) is 1.06. The zero-order valence-electron chi connectivity index (χ0n) is 17.9. The Labute approximate surface area is 181 Å². The van der Waals surface area contributed by atoms with E-state index in [-0.39, 0.29) is 6.54 Å². The third kappa shape index (κ3) is 5.13. The topological polar surface area (TPSA) is 103 Å². The lowest BCUT2D eigenvalue weighted by Crippen LogP contribution is -2.47. The Hall–Kier alpha value is -3.14. The lowest BCUT2D eigenvalue weighted by molar-refractivity contribution is -0.122. The maximum atomic E-state index is 12.8. The summed E-state index contributed by atoms with van der Waals surface area (Å²) in [4.78, 5) is 12.8. The van der Waals surface area contributed by atoms with Gasteiger partial charge in [0.1, 0.15) is 19.3 Å². The summed E-state index contributed by atoms with van der Waals surface area (Å²) in [7, 11) is -0.684. The van der Waals surface area contributed by atoms with Crippen molar-refractivity contribution in [2.45, 2.75) is 19.5 Å². The van der Waals surface area contributed by atoms with E-state index in [0.29, 0.717) is 41.9 Å². The zero-order chi connectivity index (χ0) is 22.6. The summed E-state index contributed by atoms with van der Waals surface area (Å²) in [6, 6.07) is 9.08. The quantitative estimate of drug-likeness (QED) is 0.656. The summed E-state index contributed by atoms with van der Waals surface area (Å²) in [6.45, 7) is 2.53. The first-order chi connectivity index (χ1) is 14.7. The first kappa shape index (κ1) is 22.5. The van der Waals surface area contributed by atoms with Gasteiger partial charge in [0.2, 0.25) is 15.9 Å². The minimum Gasteiger partial charge on any atom is -0.493 e. The second-order valence-electron chi connectivity index (χ2n) is 6.97. The van der Waals surface area contributed by atoms with Crippen LogP contribution < -0.4 is 28.6 Å². The minimum atomic E-state index is -3.75. The van der Waals surface area contributed by atoms with Crippen LogP contribution in [0.15, 0.2) is 36.4 Å². The molecule has 1 atom stereocenters. The van der Waals surface area contributed by atoms with Crippen molar-refractivity contribution in [1.29, 1.82) is 0 Å². The van der Waals surface area contributed by atoms with Gasteiger partial charge in [-0.25, -0.2) is 8.42 Å². The molecule has 0 saturated heterocycles. The van der Waals surface area contributed by atoms with Crippen LogP contribution in [-0.2, 0) is 21.4 Å². The number of methoxy groups -OCH3 is 2. The molecule has 1 heterocycles. The Balaban J connectivity index is 1.78. The molecule has 1 aliphatic rings. The molecule has 168 valence electrons. The highest BCUT2D eigenvalue weighted by atomic mass is 32.2. The maximum Gasteiger partial charge on any atom is 0.243 e. The van der Waals surface area contributed by atoms with Crippen molar-refractivity contribution in [1.82, 2.24) is 5.32 Å². The van der Waals surface area contributed by atoms with Gasteiger partial charge in [-0.1, -0.05) is 6.07 Å². The average Bonchev–Trinajstić information content (AvgIpc) is 2.76. The molecule has 1 amide bonds. The number of carbonyl (C=O) groups excluding carboxylic acids is 1. The molecule has 0 fully saturated rings. The van der Waals surface area contributed by atoms with E-state index < -0.39 is 22.0 Å². The lowest BCUT2D eigenvalue weighted by atomic mass is 10.2. The Kier molecular flexibility index (Phi) is 6.79. The molecule has 9 nitrogen and oxygen atoms in total. The van der Waals surface area contributed by atoms with E-state index in [0.717, 1.165) is 16.1 Å². The molecule has 3 rings (SSSR count). The van der Waals surface area contributed by atoms with Gasteiger partial charge in [-0.15, -0.1) is 0 Å². The highest BCUT2D eigenvalue weighted by Crippen LogP contribution is 2.35. The van der Waals surface area contributed by atoms with Crippen molar-refractivity contribution in [3.05, 3.63) is 42.0 Å². The number of amides is 1. The van der Waals surface area contributed by atoms with Crippen molar-refractivity contribution < 1.29 is 32.2 Å². The van der Waals surface area contributed by atoms with E-state index >= 15 is 0 Å². The molecule has 10 heteroatoms. The van der Waals surface area contributed by atoms with Crippen molar-refractivity contribution in [3.8, 4) is 23.0 Å². The summed E-state index contributed by atoms with van der Waals surface area (Å²) >= 11 is 0. The van der Waals surface area contributed by atoms with Gasteiger partial charge in [0.25, 0.3) is 0 Å². The van der Waals surface area contributed by atoms with E-state index in [4.69, 9.17) is 18.9 Å². The van der Waals surface area contributed by atoms with Gasteiger partial charge in [0.15, 0.2) is 23.0 Å². The van der Waals surface area contributed by atoms with Gasteiger partial charge in [-0.3, -0.25) is 9.10 Å². The molecule has 0 aliphatic carbocycles. The first-order valence-electron chi connectivity index (χ1n) is 9.62. The fourth-order valence-electron chi connectivity index (χ4n) is 3.31. The Morgan fingerprint density at radius 2 is 1.74 bits per heavy atom. The molecular weight excluding hydrogens is 424 g/mol. The summed E-state index contributed by atoms with van der Waals surface area (Å²) in [5.41, 5.74) is 1.10. The second kappa shape index (κ2) is 9.34. The van der Waals surface area contributed by atoms with E-state index in [2.05, 4.69) is 5.32 Å². The third-order valence-corrected chi connectivity index (χ3v) is 6.03. The van der Waals surface area contributed by atoms with Gasteiger partial charge in [0.05, 0.1) is 26.2 Å². The van der Waals surface area contributed by atoms with Crippen LogP contribution in [0.3, 0.4) is 0 Å². The van der Waals surface area contributed by atoms with Crippen LogP contribution in [0.5, 0.6) is 23.0 Å². The van der Waals surface area contributed by atoms with Gasteiger partial charge >= 0.3 is 0 Å². The lowest BCUT2D eigenvalue weighted by Gasteiger charge is -2.29. The molecule has 0 unspecified atom stereocenters. The molecule has 31 heavy (non-hydrogen) atoms. The Morgan fingerprint density at radius 1 is 1.06 bits per heavy atom. The van der Waals surface area contributed by atoms with Crippen molar-refractivity contribution in [2.75, 3.05) is 38.0 Å². The van der Waals surface area contributed by atoms with Crippen molar-refractivity contribution in [3.63, 3.8) is 0 Å². The molecule has 0 spiro atoms. The summed E-state index contributed by atoms with van der Waals surface area (Å²) < 4.78 is 47.6. The SMILES string of the molecule is COc1ccc(CNC(=O)[C@@H](C)N(c2ccc3c(c2)OCCO3)S(C)(=O)=O)cc1OC. The predicted molar refractivity (Wildman–Crippen MR) is 116 cm³/mol. The summed E-state index contributed by atoms with van der Waals surface area (Å²) in [5.74, 6) is 1.64. The van der Waals surface area contributed by atoms with Crippen LogP contribution in [-0.4, -0.2) is 54.1 Å². The number of sulfonamides is 1. The highest BCUT2D eigenvalue weighted by molar-refractivity contribution is 7.92. The molecule has 2 aromatic carbocycles. The number of rotatable bonds is 8. The van der Waals surface area contributed by atoms with Crippen LogP contribution in [0.1, 0.15) is 12.5 Å². The maximum absolute atomic E-state index is 12.8. The van der Waals surface area contributed by atoms with Crippen LogP contribution in [0, 0.1) is 0 Å². The number of fused-ring (bicyclic) bond motifs is 1. The number of benzene rings is 2. The van der Waals surface area contributed by atoms with Gasteiger partial charge in [0, 0.05) is 12.6 Å². The van der Waals surface area contributed by atoms with Crippen molar-refractivity contribution >= 4 is 21.6 Å². The molecule has 1 N–H and O–H groups in total. The van der Waals surface area contributed by atoms with E-state index in [1.54, 1.807) is 43.5 Å². The van der Waals surface area contributed by atoms with Crippen LogP contribution >= 0.6 is 0 Å². The smallest absolute Gasteiger partial charge is 0.243 e. The number of nitrogens with zero attached hydrogens (tertiary/aromatic N) is 1. The number of carbonyl (C=O) groups is 1.